The van der Waals surface area contributed by atoms with Crippen LogP contribution in [0.2, 0.25) is 0 Å². The Kier molecular flexibility index (Phi) is 6.00. The molecule has 1 heterocycles. The molecule has 0 bridgehead atoms. The van der Waals surface area contributed by atoms with Crippen molar-refractivity contribution in [1.82, 2.24) is 10.2 Å². The van der Waals surface area contributed by atoms with Crippen LogP contribution in [0.3, 0.4) is 0 Å². The molecule has 1 fully saturated rings. The van der Waals surface area contributed by atoms with Crippen molar-refractivity contribution in [1.29, 1.82) is 0 Å². The molecule has 2 amide bonds. The van der Waals surface area contributed by atoms with E-state index in [9.17, 15) is 9.18 Å². The van der Waals surface area contributed by atoms with Crippen molar-refractivity contribution in [2.24, 2.45) is 0 Å². The molecule has 1 aliphatic rings. The van der Waals surface area contributed by atoms with Gasteiger partial charge in [-0.2, -0.15) is 0 Å². The van der Waals surface area contributed by atoms with E-state index in [-0.39, 0.29) is 11.7 Å². The van der Waals surface area contributed by atoms with E-state index < -0.39 is 5.82 Å². The van der Waals surface area contributed by atoms with Gasteiger partial charge in [0, 0.05) is 18.7 Å². The molecule has 0 spiro atoms. The number of benzene rings is 1. The molecule has 122 valence electrons. The highest BCUT2D eigenvalue weighted by Gasteiger charge is 2.20. The van der Waals surface area contributed by atoms with Gasteiger partial charge in [-0.1, -0.05) is 0 Å². The zero-order valence-corrected chi connectivity index (χ0v) is 13.2. The van der Waals surface area contributed by atoms with Crippen LogP contribution in [0.15, 0.2) is 18.2 Å². The number of hydrogen-bond acceptors (Lipinski definition) is 3. The summed E-state index contributed by atoms with van der Waals surface area (Å²) in [6.07, 6.45) is 3.30. The summed E-state index contributed by atoms with van der Waals surface area (Å²) in [5, 5.41) is 5.29. The van der Waals surface area contributed by atoms with Crippen LogP contribution < -0.4 is 15.4 Å². The second kappa shape index (κ2) is 7.98. The molecule has 6 heteroatoms. The number of carbonyl (C=O) groups is 1. The Labute approximate surface area is 130 Å². The highest BCUT2D eigenvalue weighted by atomic mass is 19.1. The summed E-state index contributed by atoms with van der Waals surface area (Å²) in [7, 11) is 2.10. The second-order valence-electron chi connectivity index (χ2n) is 5.52. The van der Waals surface area contributed by atoms with E-state index in [0.29, 0.717) is 24.9 Å². The Balaban J connectivity index is 1.76. The van der Waals surface area contributed by atoms with Gasteiger partial charge >= 0.3 is 6.03 Å². The fourth-order valence-corrected chi connectivity index (χ4v) is 2.72. The van der Waals surface area contributed by atoms with E-state index in [4.69, 9.17) is 4.74 Å². The van der Waals surface area contributed by atoms with Crippen molar-refractivity contribution in [3.05, 3.63) is 24.0 Å². The zero-order valence-electron chi connectivity index (χ0n) is 13.2. The highest BCUT2D eigenvalue weighted by molar-refractivity contribution is 5.89. The average molecular weight is 309 g/mol. The molecule has 2 rings (SSSR count). The van der Waals surface area contributed by atoms with E-state index >= 15 is 0 Å². The molecule has 0 radical (unpaired) electrons. The first-order valence-electron chi connectivity index (χ1n) is 7.77. The molecule has 0 aliphatic carbocycles. The predicted molar refractivity (Wildman–Crippen MR) is 84.9 cm³/mol. The molecule has 0 aromatic heterocycles. The lowest BCUT2D eigenvalue weighted by molar-refractivity contribution is 0.248. The molecule has 1 aromatic rings. The number of carbonyl (C=O) groups excluding carboxylic acids is 1. The van der Waals surface area contributed by atoms with E-state index in [1.807, 2.05) is 6.92 Å². The summed E-state index contributed by atoms with van der Waals surface area (Å²) in [4.78, 5) is 14.1. The lowest BCUT2D eigenvalue weighted by Crippen LogP contribution is -2.34. The standard InChI is InChI=1S/C16H24FN3O2/c1-3-22-13-6-7-15(14(17)11-13)19-16(21)18-9-8-12-5-4-10-20(12)2/h6-7,11-12H,3-5,8-10H2,1-2H3,(H2,18,19,21)/t12-/m1/s1. The summed E-state index contributed by atoms with van der Waals surface area (Å²) in [5.41, 5.74) is 0.152. The molecule has 0 unspecified atom stereocenters. The minimum Gasteiger partial charge on any atom is -0.494 e. The Hall–Kier alpha value is -1.82. The van der Waals surface area contributed by atoms with E-state index in [1.165, 1.54) is 25.0 Å². The van der Waals surface area contributed by atoms with Crippen LogP contribution in [0.4, 0.5) is 14.9 Å². The minimum atomic E-state index is -0.503. The van der Waals surface area contributed by atoms with Gasteiger partial charge in [-0.15, -0.1) is 0 Å². The number of amides is 2. The normalized spacial score (nSPS) is 18.2. The number of halogens is 1. The topological polar surface area (TPSA) is 53.6 Å². The van der Waals surface area contributed by atoms with E-state index in [2.05, 4.69) is 22.6 Å². The van der Waals surface area contributed by atoms with E-state index in [1.54, 1.807) is 6.07 Å². The third-order valence-corrected chi connectivity index (χ3v) is 3.93. The summed E-state index contributed by atoms with van der Waals surface area (Å²) >= 11 is 0. The van der Waals surface area contributed by atoms with Crippen molar-refractivity contribution < 1.29 is 13.9 Å². The van der Waals surface area contributed by atoms with Gasteiger partial charge in [0.25, 0.3) is 0 Å². The van der Waals surface area contributed by atoms with E-state index in [0.717, 1.165) is 13.0 Å². The SMILES string of the molecule is CCOc1ccc(NC(=O)NCC[C@H]2CCCN2C)c(F)c1. The van der Waals surface area contributed by atoms with Crippen LogP contribution >= 0.6 is 0 Å². The van der Waals surface area contributed by atoms with Crippen molar-refractivity contribution in [3.8, 4) is 5.75 Å². The van der Waals surface area contributed by atoms with Gasteiger partial charge in [0.15, 0.2) is 0 Å². The van der Waals surface area contributed by atoms with Crippen LogP contribution in [-0.2, 0) is 0 Å². The number of rotatable bonds is 6. The fraction of sp³-hybridized carbons (Fsp3) is 0.562. The minimum absolute atomic E-state index is 0.152. The fourth-order valence-electron chi connectivity index (χ4n) is 2.72. The predicted octanol–water partition coefficient (Wildman–Crippen LogP) is 2.83. The van der Waals surface area contributed by atoms with Crippen LogP contribution in [0.25, 0.3) is 0 Å². The smallest absolute Gasteiger partial charge is 0.319 e. The van der Waals surface area contributed by atoms with Gasteiger partial charge in [0.05, 0.1) is 12.3 Å². The summed E-state index contributed by atoms with van der Waals surface area (Å²) in [6.45, 7) is 4.01. The van der Waals surface area contributed by atoms with Gasteiger partial charge < -0.3 is 20.3 Å². The molecule has 5 nitrogen and oxygen atoms in total. The maximum atomic E-state index is 13.8. The first-order chi connectivity index (χ1) is 10.6. The highest BCUT2D eigenvalue weighted by Crippen LogP contribution is 2.20. The number of nitrogens with one attached hydrogen (secondary N) is 2. The monoisotopic (exact) mass is 309 g/mol. The van der Waals surface area contributed by atoms with Crippen LogP contribution in [0.1, 0.15) is 26.2 Å². The number of nitrogens with zero attached hydrogens (tertiary/aromatic N) is 1. The maximum Gasteiger partial charge on any atom is 0.319 e. The average Bonchev–Trinajstić information content (AvgIpc) is 2.88. The second-order valence-corrected chi connectivity index (χ2v) is 5.52. The van der Waals surface area contributed by atoms with Gasteiger partial charge in [-0.05, 0) is 51.9 Å². The summed E-state index contributed by atoms with van der Waals surface area (Å²) in [5.74, 6) is -0.0492. The molecule has 1 aliphatic heterocycles. The molecule has 1 aromatic carbocycles. The zero-order chi connectivity index (χ0) is 15.9. The molecule has 0 saturated carbocycles. The van der Waals surface area contributed by atoms with Gasteiger partial charge in [-0.25, -0.2) is 9.18 Å². The Morgan fingerprint density at radius 2 is 2.32 bits per heavy atom. The first kappa shape index (κ1) is 16.5. The van der Waals surface area contributed by atoms with Gasteiger partial charge in [0.1, 0.15) is 11.6 Å². The van der Waals surface area contributed by atoms with Crippen molar-refractivity contribution >= 4 is 11.7 Å². The molecule has 1 atom stereocenters. The Morgan fingerprint density at radius 1 is 1.50 bits per heavy atom. The van der Waals surface area contributed by atoms with Crippen LogP contribution in [-0.4, -0.2) is 43.7 Å². The Bertz CT molecular complexity index is 510. The summed E-state index contributed by atoms with van der Waals surface area (Å²) in [6, 6.07) is 4.55. The van der Waals surface area contributed by atoms with Crippen LogP contribution in [0, 0.1) is 5.82 Å². The molecule has 22 heavy (non-hydrogen) atoms. The number of anilines is 1. The van der Waals surface area contributed by atoms with Crippen molar-refractivity contribution in [2.75, 3.05) is 32.1 Å². The first-order valence-corrected chi connectivity index (χ1v) is 7.77. The third kappa shape index (κ3) is 4.59. The maximum absolute atomic E-state index is 13.8. The largest absolute Gasteiger partial charge is 0.494 e. The lowest BCUT2D eigenvalue weighted by atomic mass is 10.1. The molecule has 1 saturated heterocycles. The summed E-state index contributed by atoms with van der Waals surface area (Å²) < 4.78 is 19.0. The van der Waals surface area contributed by atoms with Crippen molar-refractivity contribution in [3.63, 3.8) is 0 Å². The molecular weight excluding hydrogens is 285 g/mol. The number of likely N-dealkylation sites (tertiary alicyclic amines) is 1. The molecular formula is C16H24FN3O2. The number of hydrogen-bond donors (Lipinski definition) is 2. The lowest BCUT2D eigenvalue weighted by Gasteiger charge is -2.19. The Morgan fingerprint density at radius 3 is 2.95 bits per heavy atom. The van der Waals surface area contributed by atoms with Gasteiger partial charge in [-0.3, -0.25) is 0 Å². The third-order valence-electron chi connectivity index (χ3n) is 3.93. The van der Waals surface area contributed by atoms with Crippen molar-refractivity contribution in [2.45, 2.75) is 32.2 Å². The van der Waals surface area contributed by atoms with Gasteiger partial charge in [0.2, 0.25) is 0 Å². The number of urea groups is 1. The van der Waals surface area contributed by atoms with Crippen LogP contribution in [0.5, 0.6) is 5.75 Å². The molecule has 2 N–H and O–H groups in total. The quantitative estimate of drug-likeness (QED) is 0.849. The number of ether oxygens (including phenoxy) is 1.